The molecule has 0 bridgehead atoms. The molecule has 6 heteroatoms. The van der Waals surface area contributed by atoms with Crippen molar-refractivity contribution in [3.63, 3.8) is 0 Å². The summed E-state index contributed by atoms with van der Waals surface area (Å²) in [4.78, 5) is 18.4. The van der Waals surface area contributed by atoms with Crippen molar-refractivity contribution in [1.82, 2.24) is 14.5 Å². The number of carbonyl (C=O) groups excluding carboxylic acids is 1. The topological polar surface area (TPSA) is 38.1 Å². The van der Waals surface area contributed by atoms with Crippen LogP contribution in [0.2, 0.25) is 0 Å². The Bertz CT molecular complexity index is 920. The van der Waals surface area contributed by atoms with Crippen molar-refractivity contribution in [2.75, 3.05) is 13.1 Å². The number of pyridine rings is 1. The van der Waals surface area contributed by atoms with Gasteiger partial charge in [0.15, 0.2) is 0 Å². The SMILES string of the molecule is O=C(Cn1ccc2ncc(-c3ccc(F)cc3)cc21)N1CC[C@@H](F)C1. The summed E-state index contributed by atoms with van der Waals surface area (Å²) < 4.78 is 28.2. The minimum absolute atomic E-state index is 0.0927. The molecule has 3 heterocycles. The Hall–Kier alpha value is -2.76. The van der Waals surface area contributed by atoms with Crippen LogP contribution in [0.15, 0.2) is 48.8 Å². The molecule has 4 rings (SSSR count). The van der Waals surface area contributed by atoms with E-state index in [1.807, 2.05) is 22.9 Å². The van der Waals surface area contributed by atoms with Crippen LogP contribution in [-0.4, -0.2) is 39.6 Å². The van der Waals surface area contributed by atoms with Crippen LogP contribution in [0.3, 0.4) is 0 Å². The Morgan fingerprint density at radius 3 is 2.72 bits per heavy atom. The first kappa shape index (κ1) is 15.7. The third-order valence-corrected chi connectivity index (χ3v) is 4.59. The Kier molecular flexibility index (Phi) is 3.95. The molecule has 4 nitrogen and oxygen atoms in total. The molecule has 1 aromatic carbocycles. The molecule has 1 amide bonds. The molecule has 0 spiro atoms. The number of aromatic nitrogens is 2. The molecule has 25 heavy (non-hydrogen) atoms. The van der Waals surface area contributed by atoms with E-state index in [1.54, 1.807) is 23.2 Å². The van der Waals surface area contributed by atoms with Crippen molar-refractivity contribution in [1.29, 1.82) is 0 Å². The molecule has 128 valence electrons. The molecule has 0 saturated carbocycles. The summed E-state index contributed by atoms with van der Waals surface area (Å²) in [5.74, 6) is -0.381. The molecule has 1 aliphatic rings. The fraction of sp³-hybridized carbons (Fsp3) is 0.263. The van der Waals surface area contributed by atoms with E-state index in [1.165, 1.54) is 12.1 Å². The second kappa shape index (κ2) is 6.27. The molecule has 1 aliphatic heterocycles. The molecular weight excluding hydrogens is 324 g/mol. The first-order chi connectivity index (χ1) is 12.1. The maximum atomic E-state index is 13.3. The van der Waals surface area contributed by atoms with Gasteiger partial charge in [0.05, 0.1) is 17.6 Å². The lowest BCUT2D eigenvalue weighted by Gasteiger charge is -2.16. The minimum Gasteiger partial charge on any atom is -0.338 e. The number of carbonyl (C=O) groups is 1. The highest BCUT2D eigenvalue weighted by molar-refractivity contribution is 5.84. The fourth-order valence-corrected chi connectivity index (χ4v) is 3.19. The molecule has 2 aromatic heterocycles. The highest BCUT2D eigenvalue weighted by Gasteiger charge is 2.25. The average molecular weight is 341 g/mol. The van der Waals surface area contributed by atoms with E-state index in [2.05, 4.69) is 4.98 Å². The van der Waals surface area contributed by atoms with E-state index < -0.39 is 6.17 Å². The Morgan fingerprint density at radius 1 is 1.20 bits per heavy atom. The van der Waals surface area contributed by atoms with Crippen LogP contribution in [0.1, 0.15) is 6.42 Å². The van der Waals surface area contributed by atoms with Gasteiger partial charge >= 0.3 is 0 Å². The van der Waals surface area contributed by atoms with Gasteiger partial charge in [0.25, 0.3) is 0 Å². The number of alkyl halides is 1. The van der Waals surface area contributed by atoms with Crippen LogP contribution in [0.5, 0.6) is 0 Å². The van der Waals surface area contributed by atoms with Gasteiger partial charge in [-0.3, -0.25) is 9.78 Å². The van der Waals surface area contributed by atoms with Gasteiger partial charge in [-0.25, -0.2) is 8.78 Å². The molecule has 1 atom stereocenters. The highest BCUT2D eigenvalue weighted by Crippen LogP contribution is 2.24. The second-order valence-corrected chi connectivity index (χ2v) is 6.30. The number of fused-ring (bicyclic) bond motifs is 1. The van der Waals surface area contributed by atoms with Crippen molar-refractivity contribution in [3.05, 3.63) is 54.6 Å². The summed E-state index contributed by atoms with van der Waals surface area (Å²) in [6.07, 6.45) is 3.04. The third kappa shape index (κ3) is 3.12. The van der Waals surface area contributed by atoms with Crippen molar-refractivity contribution in [2.24, 2.45) is 0 Å². The number of likely N-dealkylation sites (tertiary alicyclic amines) is 1. The highest BCUT2D eigenvalue weighted by atomic mass is 19.1. The molecule has 1 saturated heterocycles. The summed E-state index contributed by atoms with van der Waals surface area (Å²) in [5, 5.41) is 0. The maximum absolute atomic E-state index is 13.3. The van der Waals surface area contributed by atoms with Crippen LogP contribution in [0, 0.1) is 5.82 Å². The van der Waals surface area contributed by atoms with E-state index in [9.17, 15) is 13.6 Å². The standard InChI is InChI=1S/C19H17F2N3O/c20-15-3-1-13(2-4-15)14-9-18-17(22-10-14)6-8-23(18)12-19(25)24-7-5-16(21)11-24/h1-4,6,8-10,16H,5,7,11-12H2/t16-/m1/s1. The number of hydrogen-bond acceptors (Lipinski definition) is 2. The summed E-state index contributed by atoms with van der Waals surface area (Å²) in [5.41, 5.74) is 3.31. The van der Waals surface area contributed by atoms with Gasteiger partial charge in [-0.2, -0.15) is 0 Å². The number of nitrogens with zero attached hydrogens (tertiary/aromatic N) is 3. The summed E-state index contributed by atoms with van der Waals surface area (Å²) in [6, 6.07) is 9.99. The molecule has 0 aliphatic carbocycles. The van der Waals surface area contributed by atoms with Crippen LogP contribution < -0.4 is 0 Å². The smallest absolute Gasteiger partial charge is 0.242 e. The molecule has 1 fully saturated rings. The number of hydrogen-bond donors (Lipinski definition) is 0. The van der Waals surface area contributed by atoms with Crippen LogP contribution in [-0.2, 0) is 11.3 Å². The van der Waals surface area contributed by atoms with Crippen LogP contribution >= 0.6 is 0 Å². The van der Waals surface area contributed by atoms with E-state index in [0.717, 1.165) is 22.2 Å². The predicted molar refractivity (Wildman–Crippen MR) is 91.2 cm³/mol. The monoisotopic (exact) mass is 341 g/mol. The second-order valence-electron chi connectivity index (χ2n) is 6.30. The molecular formula is C19H17F2N3O. The first-order valence-corrected chi connectivity index (χ1v) is 8.23. The van der Waals surface area contributed by atoms with E-state index in [0.29, 0.717) is 13.0 Å². The van der Waals surface area contributed by atoms with Crippen molar-refractivity contribution in [2.45, 2.75) is 19.1 Å². The van der Waals surface area contributed by atoms with Gasteiger partial charge in [-0.15, -0.1) is 0 Å². The Balaban J connectivity index is 1.62. The number of benzene rings is 1. The molecule has 3 aromatic rings. The molecule has 0 radical (unpaired) electrons. The average Bonchev–Trinajstić information content (AvgIpc) is 3.22. The number of halogens is 2. The van der Waals surface area contributed by atoms with Crippen molar-refractivity contribution in [3.8, 4) is 11.1 Å². The summed E-state index contributed by atoms with van der Waals surface area (Å²) >= 11 is 0. The quantitative estimate of drug-likeness (QED) is 0.732. The molecule has 0 unspecified atom stereocenters. The van der Waals surface area contributed by atoms with E-state index in [-0.39, 0.29) is 24.8 Å². The minimum atomic E-state index is -0.919. The zero-order chi connectivity index (χ0) is 17.4. The van der Waals surface area contributed by atoms with Crippen molar-refractivity contribution >= 4 is 16.9 Å². The predicted octanol–water partition coefficient (Wildman–Crippen LogP) is 3.41. The Labute approximate surface area is 143 Å². The third-order valence-electron chi connectivity index (χ3n) is 4.59. The number of rotatable bonds is 3. The van der Waals surface area contributed by atoms with Gasteiger partial charge in [0, 0.05) is 24.5 Å². The molecule has 0 N–H and O–H groups in total. The van der Waals surface area contributed by atoms with E-state index in [4.69, 9.17) is 0 Å². The van der Waals surface area contributed by atoms with Crippen LogP contribution in [0.25, 0.3) is 22.2 Å². The summed E-state index contributed by atoms with van der Waals surface area (Å²) in [7, 11) is 0. The number of amides is 1. The fourth-order valence-electron chi connectivity index (χ4n) is 3.19. The Morgan fingerprint density at radius 2 is 2.00 bits per heavy atom. The van der Waals surface area contributed by atoms with Gasteiger partial charge in [-0.05, 0) is 36.2 Å². The van der Waals surface area contributed by atoms with Crippen LogP contribution in [0.4, 0.5) is 8.78 Å². The zero-order valence-corrected chi connectivity index (χ0v) is 13.5. The zero-order valence-electron chi connectivity index (χ0n) is 13.5. The lowest BCUT2D eigenvalue weighted by atomic mass is 10.1. The van der Waals surface area contributed by atoms with Crippen molar-refractivity contribution < 1.29 is 13.6 Å². The van der Waals surface area contributed by atoms with Gasteiger partial charge in [0.2, 0.25) is 5.91 Å². The normalized spacial score (nSPS) is 17.4. The van der Waals surface area contributed by atoms with E-state index >= 15 is 0 Å². The lowest BCUT2D eigenvalue weighted by Crippen LogP contribution is -2.31. The van der Waals surface area contributed by atoms with Gasteiger partial charge in [-0.1, -0.05) is 12.1 Å². The first-order valence-electron chi connectivity index (χ1n) is 8.23. The van der Waals surface area contributed by atoms with Gasteiger partial charge in [0.1, 0.15) is 18.5 Å². The largest absolute Gasteiger partial charge is 0.338 e. The summed E-state index contributed by atoms with van der Waals surface area (Å²) in [6.45, 7) is 0.806. The maximum Gasteiger partial charge on any atom is 0.242 e. The lowest BCUT2D eigenvalue weighted by molar-refractivity contribution is -0.130. The van der Waals surface area contributed by atoms with Gasteiger partial charge < -0.3 is 9.47 Å².